The van der Waals surface area contributed by atoms with E-state index in [1.807, 2.05) is 11.9 Å². The SMILES string of the molecule is CN1C(=O)NCC12CCN(Cc1ccccc1)CC2. The molecule has 3 rings (SSSR count). The van der Waals surface area contributed by atoms with Crippen LogP contribution in [0, 0.1) is 0 Å². The fraction of sp³-hybridized carbons (Fsp3) is 0.533. The second-order valence-electron chi connectivity index (χ2n) is 5.70. The van der Waals surface area contributed by atoms with Crippen LogP contribution in [0.1, 0.15) is 18.4 Å². The molecule has 0 unspecified atom stereocenters. The van der Waals surface area contributed by atoms with Gasteiger partial charge in [-0.2, -0.15) is 0 Å². The molecule has 1 aromatic rings. The lowest BCUT2D eigenvalue weighted by Gasteiger charge is -2.42. The standard InChI is InChI=1S/C15H21N3O/c1-17-14(19)16-12-15(17)7-9-18(10-8-15)11-13-5-3-2-4-6-13/h2-6H,7-12H2,1H3,(H,16,19). The van der Waals surface area contributed by atoms with Crippen molar-refractivity contribution in [3.63, 3.8) is 0 Å². The molecule has 2 saturated heterocycles. The molecule has 2 heterocycles. The van der Waals surface area contributed by atoms with Crippen LogP contribution in [-0.4, -0.2) is 48.1 Å². The fourth-order valence-electron chi connectivity index (χ4n) is 3.17. The summed E-state index contributed by atoms with van der Waals surface area (Å²) in [6.45, 7) is 3.95. The van der Waals surface area contributed by atoms with Crippen LogP contribution in [0.2, 0.25) is 0 Å². The van der Waals surface area contributed by atoms with E-state index in [2.05, 4.69) is 40.5 Å². The summed E-state index contributed by atoms with van der Waals surface area (Å²) >= 11 is 0. The lowest BCUT2D eigenvalue weighted by Crippen LogP contribution is -2.52. The highest BCUT2D eigenvalue weighted by Gasteiger charge is 2.44. The molecule has 1 aromatic carbocycles. The number of hydrogen-bond donors (Lipinski definition) is 1. The van der Waals surface area contributed by atoms with Gasteiger partial charge >= 0.3 is 6.03 Å². The van der Waals surface area contributed by atoms with E-state index in [0.717, 1.165) is 39.0 Å². The van der Waals surface area contributed by atoms with Gasteiger partial charge in [0.25, 0.3) is 0 Å². The maximum absolute atomic E-state index is 11.6. The lowest BCUT2D eigenvalue weighted by molar-refractivity contribution is 0.0871. The monoisotopic (exact) mass is 259 g/mol. The van der Waals surface area contributed by atoms with E-state index in [-0.39, 0.29) is 11.6 Å². The van der Waals surface area contributed by atoms with Crippen molar-refractivity contribution >= 4 is 6.03 Å². The number of rotatable bonds is 2. The highest BCUT2D eigenvalue weighted by molar-refractivity contribution is 5.77. The molecule has 2 fully saturated rings. The Morgan fingerprint density at radius 3 is 2.47 bits per heavy atom. The van der Waals surface area contributed by atoms with Crippen molar-refractivity contribution in [2.75, 3.05) is 26.7 Å². The van der Waals surface area contributed by atoms with E-state index in [1.165, 1.54) is 5.56 Å². The molecule has 2 aliphatic rings. The van der Waals surface area contributed by atoms with Gasteiger partial charge in [0.15, 0.2) is 0 Å². The van der Waals surface area contributed by atoms with Crippen molar-refractivity contribution in [2.45, 2.75) is 24.9 Å². The zero-order valence-corrected chi connectivity index (χ0v) is 11.4. The molecular formula is C15H21N3O. The Morgan fingerprint density at radius 1 is 1.21 bits per heavy atom. The molecule has 4 nitrogen and oxygen atoms in total. The van der Waals surface area contributed by atoms with E-state index < -0.39 is 0 Å². The Hall–Kier alpha value is -1.55. The topological polar surface area (TPSA) is 35.6 Å². The first kappa shape index (κ1) is 12.5. The van der Waals surface area contributed by atoms with Crippen LogP contribution in [0.15, 0.2) is 30.3 Å². The third kappa shape index (κ3) is 2.32. The molecule has 2 aliphatic heterocycles. The zero-order chi connectivity index (χ0) is 13.3. The third-order valence-electron chi connectivity index (χ3n) is 4.62. The van der Waals surface area contributed by atoms with Crippen molar-refractivity contribution in [3.05, 3.63) is 35.9 Å². The summed E-state index contributed by atoms with van der Waals surface area (Å²) in [7, 11) is 1.93. The molecule has 19 heavy (non-hydrogen) atoms. The van der Waals surface area contributed by atoms with Crippen LogP contribution in [0.3, 0.4) is 0 Å². The van der Waals surface area contributed by atoms with Gasteiger partial charge < -0.3 is 10.2 Å². The molecule has 0 aliphatic carbocycles. The van der Waals surface area contributed by atoms with Crippen molar-refractivity contribution in [2.24, 2.45) is 0 Å². The van der Waals surface area contributed by atoms with Crippen molar-refractivity contribution in [1.29, 1.82) is 0 Å². The number of benzene rings is 1. The number of likely N-dealkylation sites (tertiary alicyclic amines) is 1. The van der Waals surface area contributed by atoms with E-state index in [4.69, 9.17) is 0 Å². The molecule has 1 N–H and O–H groups in total. The smallest absolute Gasteiger partial charge is 0.317 e. The molecule has 4 heteroatoms. The summed E-state index contributed by atoms with van der Waals surface area (Å²) in [5, 5.41) is 2.96. The molecule has 2 amide bonds. The number of urea groups is 1. The number of likely N-dealkylation sites (N-methyl/N-ethyl adjacent to an activating group) is 1. The van der Waals surface area contributed by atoms with Crippen molar-refractivity contribution < 1.29 is 4.79 Å². The minimum absolute atomic E-state index is 0.0598. The van der Waals surface area contributed by atoms with Gasteiger partial charge in [0.2, 0.25) is 0 Å². The highest BCUT2D eigenvalue weighted by atomic mass is 16.2. The number of nitrogens with one attached hydrogen (secondary N) is 1. The van der Waals surface area contributed by atoms with E-state index in [1.54, 1.807) is 0 Å². The number of carbonyl (C=O) groups is 1. The molecule has 0 atom stereocenters. The van der Waals surface area contributed by atoms with Gasteiger partial charge in [-0.05, 0) is 18.4 Å². The Morgan fingerprint density at radius 2 is 1.89 bits per heavy atom. The molecule has 0 aromatic heterocycles. The summed E-state index contributed by atoms with van der Waals surface area (Å²) < 4.78 is 0. The van der Waals surface area contributed by atoms with Gasteiger partial charge in [0, 0.05) is 33.2 Å². The number of carbonyl (C=O) groups excluding carboxylic acids is 1. The van der Waals surface area contributed by atoms with Crippen molar-refractivity contribution in [1.82, 2.24) is 15.1 Å². The molecule has 102 valence electrons. The maximum Gasteiger partial charge on any atom is 0.317 e. The van der Waals surface area contributed by atoms with E-state index in [9.17, 15) is 4.79 Å². The fourth-order valence-corrected chi connectivity index (χ4v) is 3.17. The summed E-state index contributed by atoms with van der Waals surface area (Å²) in [6.07, 6.45) is 2.13. The van der Waals surface area contributed by atoms with Crippen LogP contribution in [0.4, 0.5) is 4.79 Å². The van der Waals surface area contributed by atoms with Crippen molar-refractivity contribution in [3.8, 4) is 0 Å². The Balaban J connectivity index is 1.59. The molecule has 0 saturated carbocycles. The number of piperidine rings is 1. The summed E-state index contributed by atoms with van der Waals surface area (Å²) in [5.41, 5.74) is 1.43. The number of nitrogens with zero attached hydrogens (tertiary/aromatic N) is 2. The zero-order valence-electron chi connectivity index (χ0n) is 11.4. The van der Waals surface area contributed by atoms with Crippen LogP contribution >= 0.6 is 0 Å². The van der Waals surface area contributed by atoms with Crippen LogP contribution in [0.5, 0.6) is 0 Å². The average Bonchev–Trinajstić information content (AvgIpc) is 2.72. The summed E-state index contributed by atoms with van der Waals surface area (Å²) in [6, 6.07) is 10.7. The minimum Gasteiger partial charge on any atom is -0.336 e. The van der Waals surface area contributed by atoms with Gasteiger partial charge in [-0.1, -0.05) is 30.3 Å². The normalized spacial score (nSPS) is 22.8. The first-order valence-electron chi connectivity index (χ1n) is 6.98. The molecule has 0 bridgehead atoms. The van der Waals surface area contributed by atoms with Gasteiger partial charge in [-0.3, -0.25) is 4.90 Å². The summed E-state index contributed by atoms with van der Waals surface area (Å²) in [4.78, 5) is 16.0. The first-order chi connectivity index (χ1) is 9.20. The van der Waals surface area contributed by atoms with E-state index in [0.29, 0.717) is 0 Å². The molecule has 1 spiro atoms. The molecule has 0 radical (unpaired) electrons. The molecular weight excluding hydrogens is 238 g/mol. The lowest BCUT2D eigenvalue weighted by atomic mass is 9.87. The van der Waals surface area contributed by atoms with Gasteiger partial charge in [0.05, 0.1) is 5.54 Å². The van der Waals surface area contributed by atoms with Gasteiger partial charge in [0.1, 0.15) is 0 Å². The number of amides is 2. The number of hydrogen-bond acceptors (Lipinski definition) is 2. The first-order valence-corrected chi connectivity index (χ1v) is 6.98. The average molecular weight is 259 g/mol. The van der Waals surface area contributed by atoms with Crippen LogP contribution < -0.4 is 5.32 Å². The second kappa shape index (κ2) is 4.85. The summed E-state index contributed by atoms with van der Waals surface area (Å²) in [5.74, 6) is 0. The quantitative estimate of drug-likeness (QED) is 0.877. The Bertz CT molecular complexity index is 452. The van der Waals surface area contributed by atoms with Crippen LogP contribution in [0.25, 0.3) is 0 Å². The highest BCUT2D eigenvalue weighted by Crippen LogP contribution is 2.31. The largest absolute Gasteiger partial charge is 0.336 e. The predicted molar refractivity (Wildman–Crippen MR) is 74.8 cm³/mol. The predicted octanol–water partition coefficient (Wildman–Crippen LogP) is 1.68. The maximum atomic E-state index is 11.6. The van der Waals surface area contributed by atoms with Crippen LogP contribution in [-0.2, 0) is 6.54 Å². The van der Waals surface area contributed by atoms with E-state index >= 15 is 0 Å². The third-order valence-corrected chi connectivity index (χ3v) is 4.62. The Labute approximate surface area is 114 Å². The Kier molecular flexibility index (Phi) is 3.19. The van der Waals surface area contributed by atoms with Gasteiger partial charge in [-0.25, -0.2) is 4.79 Å². The van der Waals surface area contributed by atoms with Gasteiger partial charge in [-0.15, -0.1) is 0 Å². The second-order valence-corrected chi connectivity index (χ2v) is 5.70. The minimum atomic E-state index is 0.0598.